The lowest BCUT2D eigenvalue weighted by atomic mass is 10.2. The highest BCUT2D eigenvalue weighted by Gasteiger charge is 2.20. The van der Waals surface area contributed by atoms with Gasteiger partial charge in [-0.3, -0.25) is 9.69 Å². The van der Waals surface area contributed by atoms with Gasteiger partial charge in [-0.2, -0.15) is 0 Å². The van der Waals surface area contributed by atoms with Gasteiger partial charge in [0.1, 0.15) is 5.01 Å². The summed E-state index contributed by atoms with van der Waals surface area (Å²) in [6.07, 6.45) is 0.561. The quantitative estimate of drug-likeness (QED) is 0.830. The molecule has 1 aromatic heterocycles. The Morgan fingerprint density at radius 2 is 2.25 bits per heavy atom. The van der Waals surface area contributed by atoms with Crippen LogP contribution in [0.1, 0.15) is 30.1 Å². The number of nitrogens with zero attached hydrogens (tertiary/aromatic N) is 3. The number of hydrogen-bond donors (Lipinski definition) is 0. The van der Waals surface area contributed by atoms with E-state index in [1.165, 1.54) is 0 Å². The zero-order valence-electron chi connectivity index (χ0n) is 12.5. The van der Waals surface area contributed by atoms with Crippen molar-refractivity contribution >= 4 is 17.2 Å². The standard InChI is InChI=1S/C14H23N3O2S/c1-11-10-20-14(15-11)12(2)16(3)13(18)4-5-17-6-8-19-9-7-17/h10,12H,4-9H2,1-3H3/t12-/m1/s1. The molecule has 1 amide bonds. The summed E-state index contributed by atoms with van der Waals surface area (Å²) in [5, 5.41) is 3.03. The molecule has 5 nitrogen and oxygen atoms in total. The summed E-state index contributed by atoms with van der Waals surface area (Å²) >= 11 is 1.62. The van der Waals surface area contributed by atoms with Crippen molar-refractivity contribution in [1.29, 1.82) is 0 Å². The molecule has 0 bridgehead atoms. The average Bonchev–Trinajstić information content (AvgIpc) is 2.91. The molecule has 0 N–H and O–H groups in total. The Morgan fingerprint density at radius 3 is 2.85 bits per heavy atom. The van der Waals surface area contributed by atoms with Crippen molar-refractivity contribution in [3.63, 3.8) is 0 Å². The zero-order chi connectivity index (χ0) is 14.5. The van der Waals surface area contributed by atoms with Gasteiger partial charge in [0.2, 0.25) is 5.91 Å². The number of carbonyl (C=O) groups is 1. The zero-order valence-corrected chi connectivity index (χ0v) is 13.3. The van der Waals surface area contributed by atoms with Crippen LogP contribution >= 0.6 is 11.3 Å². The molecule has 0 aromatic carbocycles. The van der Waals surface area contributed by atoms with Gasteiger partial charge in [-0.1, -0.05) is 0 Å². The minimum atomic E-state index is 0.0471. The molecule has 20 heavy (non-hydrogen) atoms. The van der Waals surface area contributed by atoms with Gasteiger partial charge in [-0.15, -0.1) is 11.3 Å². The van der Waals surface area contributed by atoms with Gasteiger partial charge < -0.3 is 9.64 Å². The molecule has 1 fully saturated rings. The highest BCUT2D eigenvalue weighted by atomic mass is 32.1. The number of hydrogen-bond acceptors (Lipinski definition) is 5. The van der Waals surface area contributed by atoms with Crippen LogP contribution in [0.3, 0.4) is 0 Å². The number of aromatic nitrogens is 1. The number of aryl methyl sites for hydroxylation is 1. The van der Waals surface area contributed by atoms with Crippen molar-refractivity contribution in [2.24, 2.45) is 0 Å². The average molecular weight is 297 g/mol. The summed E-state index contributed by atoms with van der Waals surface area (Å²) in [7, 11) is 1.86. The van der Waals surface area contributed by atoms with Gasteiger partial charge in [0.25, 0.3) is 0 Å². The highest BCUT2D eigenvalue weighted by molar-refractivity contribution is 7.09. The Morgan fingerprint density at radius 1 is 1.55 bits per heavy atom. The van der Waals surface area contributed by atoms with E-state index in [4.69, 9.17) is 4.74 Å². The molecule has 1 aliphatic rings. The molecule has 0 aliphatic carbocycles. The number of ether oxygens (including phenoxy) is 1. The van der Waals surface area contributed by atoms with Crippen molar-refractivity contribution in [2.45, 2.75) is 26.3 Å². The van der Waals surface area contributed by atoms with Crippen LogP contribution in [0.5, 0.6) is 0 Å². The van der Waals surface area contributed by atoms with Gasteiger partial charge in [0.05, 0.1) is 19.3 Å². The highest BCUT2D eigenvalue weighted by Crippen LogP contribution is 2.22. The van der Waals surface area contributed by atoms with Crippen LogP contribution in [0, 0.1) is 6.92 Å². The summed E-state index contributed by atoms with van der Waals surface area (Å²) in [4.78, 5) is 20.8. The Balaban J connectivity index is 1.81. The molecule has 1 saturated heterocycles. The van der Waals surface area contributed by atoms with E-state index in [2.05, 4.69) is 9.88 Å². The number of morpholine rings is 1. The molecule has 112 valence electrons. The number of carbonyl (C=O) groups excluding carboxylic acids is 1. The van der Waals surface area contributed by atoms with E-state index in [9.17, 15) is 4.79 Å². The summed E-state index contributed by atoms with van der Waals surface area (Å²) in [5.74, 6) is 0.178. The predicted molar refractivity (Wildman–Crippen MR) is 79.9 cm³/mol. The first-order valence-electron chi connectivity index (χ1n) is 7.05. The lowest BCUT2D eigenvalue weighted by Gasteiger charge is -2.28. The third-order valence-corrected chi connectivity index (χ3v) is 4.85. The Bertz CT molecular complexity index is 443. The summed E-state index contributed by atoms with van der Waals surface area (Å²) in [6.45, 7) is 8.24. The summed E-state index contributed by atoms with van der Waals surface area (Å²) < 4.78 is 5.31. The number of amides is 1. The minimum absolute atomic E-state index is 0.0471. The molecule has 0 saturated carbocycles. The normalized spacial score (nSPS) is 17.9. The van der Waals surface area contributed by atoms with Crippen molar-refractivity contribution in [3.05, 3.63) is 16.1 Å². The molecule has 6 heteroatoms. The van der Waals surface area contributed by atoms with Crippen molar-refractivity contribution in [1.82, 2.24) is 14.8 Å². The fourth-order valence-corrected chi connectivity index (χ4v) is 3.10. The predicted octanol–water partition coefficient (Wildman–Crippen LogP) is 1.69. The van der Waals surface area contributed by atoms with Gasteiger partial charge in [-0.05, 0) is 13.8 Å². The second-order valence-corrected chi connectivity index (χ2v) is 6.10. The first kappa shape index (κ1) is 15.4. The van der Waals surface area contributed by atoms with Crippen LogP contribution in [0.25, 0.3) is 0 Å². The SMILES string of the molecule is Cc1csc([C@@H](C)N(C)C(=O)CCN2CCOCC2)n1. The molecule has 0 unspecified atom stereocenters. The molecule has 2 rings (SSSR count). The maximum Gasteiger partial charge on any atom is 0.224 e. The van der Waals surface area contributed by atoms with Gasteiger partial charge in [0.15, 0.2) is 0 Å². The van der Waals surface area contributed by atoms with Gasteiger partial charge in [-0.25, -0.2) is 4.98 Å². The second kappa shape index (κ2) is 7.15. The summed E-state index contributed by atoms with van der Waals surface area (Å²) in [6, 6.07) is 0.0471. The summed E-state index contributed by atoms with van der Waals surface area (Å²) in [5.41, 5.74) is 1.02. The smallest absolute Gasteiger partial charge is 0.224 e. The van der Waals surface area contributed by atoms with E-state index >= 15 is 0 Å². The third-order valence-electron chi connectivity index (χ3n) is 3.71. The molecule has 0 spiro atoms. The maximum absolute atomic E-state index is 12.3. The third kappa shape index (κ3) is 4.01. The van der Waals surface area contributed by atoms with E-state index in [1.807, 2.05) is 26.3 Å². The van der Waals surface area contributed by atoms with Crippen LogP contribution < -0.4 is 0 Å². The maximum atomic E-state index is 12.3. The Kier molecular flexibility index (Phi) is 5.51. The van der Waals surface area contributed by atoms with Crippen LogP contribution in [0.2, 0.25) is 0 Å². The van der Waals surface area contributed by atoms with Crippen LogP contribution in [-0.2, 0) is 9.53 Å². The Labute approximate surface area is 124 Å². The van der Waals surface area contributed by atoms with E-state index in [-0.39, 0.29) is 11.9 Å². The lowest BCUT2D eigenvalue weighted by Crippen LogP contribution is -2.39. The van der Waals surface area contributed by atoms with Crippen molar-refractivity contribution in [2.75, 3.05) is 39.9 Å². The molecular weight excluding hydrogens is 274 g/mol. The topological polar surface area (TPSA) is 45.7 Å². The van der Waals surface area contributed by atoms with E-state index < -0.39 is 0 Å². The van der Waals surface area contributed by atoms with Crippen molar-refractivity contribution in [3.8, 4) is 0 Å². The number of thiazole rings is 1. The largest absolute Gasteiger partial charge is 0.379 e. The van der Waals surface area contributed by atoms with Crippen LogP contribution in [0.15, 0.2) is 5.38 Å². The lowest BCUT2D eigenvalue weighted by molar-refractivity contribution is -0.132. The molecule has 1 atom stereocenters. The molecule has 2 heterocycles. The second-order valence-electron chi connectivity index (χ2n) is 5.21. The molecule has 1 aromatic rings. The Hall–Kier alpha value is -0.980. The number of rotatable bonds is 5. The monoisotopic (exact) mass is 297 g/mol. The van der Waals surface area contributed by atoms with Gasteiger partial charge >= 0.3 is 0 Å². The molecule has 0 radical (unpaired) electrons. The van der Waals surface area contributed by atoms with E-state index in [0.717, 1.165) is 43.5 Å². The molecular formula is C14H23N3O2S. The van der Waals surface area contributed by atoms with Crippen molar-refractivity contribution < 1.29 is 9.53 Å². The van der Waals surface area contributed by atoms with Gasteiger partial charge in [0, 0.05) is 44.2 Å². The molecule has 1 aliphatic heterocycles. The van der Waals surface area contributed by atoms with E-state index in [0.29, 0.717) is 6.42 Å². The fraction of sp³-hybridized carbons (Fsp3) is 0.714. The van der Waals surface area contributed by atoms with E-state index in [1.54, 1.807) is 16.2 Å². The van der Waals surface area contributed by atoms with Crippen LogP contribution in [-0.4, -0.2) is 60.6 Å². The fourth-order valence-electron chi connectivity index (χ4n) is 2.20. The van der Waals surface area contributed by atoms with Crippen LogP contribution in [0.4, 0.5) is 0 Å². The minimum Gasteiger partial charge on any atom is -0.379 e. The first-order valence-corrected chi connectivity index (χ1v) is 7.93. The first-order chi connectivity index (χ1) is 9.58.